The van der Waals surface area contributed by atoms with E-state index in [1.54, 1.807) is 18.2 Å². The molecule has 0 bridgehead atoms. The Kier molecular flexibility index (Phi) is 6.23. The minimum absolute atomic E-state index is 0.0802. The van der Waals surface area contributed by atoms with Gasteiger partial charge in [0.25, 0.3) is 11.8 Å². The van der Waals surface area contributed by atoms with Crippen molar-refractivity contribution in [3.05, 3.63) is 106 Å². The van der Waals surface area contributed by atoms with Crippen LogP contribution in [0.2, 0.25) is 0 Å². The van der Waals surface area contributed by atoms with Crippen molar-refractivity contribution in [1.29, 1.82) is 0 Å². The molecule has 8 heteroatoms. The highest BCUT2D eigenvalue weighted by Gasteiger charge is 2.35. The Labute approximate surface area is 189 Å². The first-order valence-corrected chi connectivity index (χ1v) is 10.2. The van der Waals surface area contributed by atoms with Gasteiger partial charge in [-0.2, -0.15) is 0 Å². The third-order valence-corrected chi connectivity index (χ3v) is 5.37. The van der Waals surface area contributed by atoms with Crippen molar-refractivity contribution >= 4 is 23.4 Å². The molecule has 4 N–H and O–H groups in total. The number of ketones is 2. The summed E-state index contributed by atoms with van der Waals surface area (Å²) in [6.07, 6.45) is 0. The van der Waals surface area contributed by atoms with Gasteiger partial charge in [-0.05, 0) is 11.6 Å². The zero-order valence-electron chi connectivity index (χ0n) is 17.6. The standard InChI is InChI=1S/C25H21N3O5/c26-20(14-33-13-15-7-2-1-3-8-15)25(32)28(27)24(31)19-12-6-11-18-21(19)23(30)17-10-5-4-9-16(17)22(18)29/h1-12,20H,13-14,26-27H2/t20-/m0/s1. The number of carbonyl (C=O) groups is 4. The Morgan fingerprint density at radius 3 is 2.12 bits per heavy atom. The predicted molar refractivity (Wildman–Crippen MR) is 119 cm³/mol. The van der Waals surface area contributed by atoms with E-state index < -0.39 is 23.6 Å². The lowest BCUT2D eigenvalue weighted by molar-refractivity contribution is -0.131. The van der Waals surface area contributed by atoms with Crippen LogP contribution in [0, 0.1) is 0 Å². The van der Waals surface area contributed by atoms with Gasteiger partial charge in [0.05, 0.1) is 18.8 Å². The molecule has 0 spiro atoms. The zero-order valence-corrected chi connectivity index (χ0v) is 17.6. The van der Waals surface area contributed by atoms with E-state index in [0.717, 1.165) is 5.56 Å². The Bertz CT molecular complexity index is 1260. The van der Waals surface area contributed by atoms with Crippen LogP contribution in [0.4, 0.5) is 0 Å². The van der Waals surface area contributed by atoms with Crippen molar-refractivity contribution in [2.75, 3.05) is 6.61 Å². The van der Waals surface area contributed by atoms with Crippen LogP contribution in [0.25, 0.3) is 0 Å². The number of hydrogen-bond donors (Lipinski definition) is 2. The molecule has 2 amide bonds. The third kappa shape index (κ3) is 4.22. The van der Waals surface area contributed by atoms with Crippen LogP contribution in [0.3, 0.4) is 0 Å². The molecule has 3 aromatic rings. The topological polar surface area (TPSA) is 133 Å². The summed E-state index contributed by atoms with van der Waals surface area (Å²) in [5, 5.41) is 0.365. The molecule has 33 heavy (non-hydrogen) atoms. The highest BCUT2D eigenvalue weighted by Crippen LogP contribution is 2.29. The lowest BCUT2D eigenvalue weighted by atomic mass is 9.81. The second-order valence-corrected chi connectivity index (χ2v) is 7.55. The van der Waals surface area contributed by atoms with Gasteiger partial charge in [0.15, 0.2) is 11.6 Å². The minimum atomic E-state index is -1.19. The monoisotopic (exact) mass is 443 g/mol. The van der Waals surface area contributed by atoms with Gasteiger partial charge >= 0.3 is 0 Å². The number of rotatable bonds is 6. The lowest BCUT2D eigenvalue weighted by Crippen LogP contribution is -2.52. The Morgan fingerprint density at radius 1 is 0.818 bits per heavy atom. The number of imide groups is 1. The van der Waals surface area contributed by atoms with Gasteiger partial charge in [0, 0.05) is 22.3 Å². The summed E-state index contributed by atoms with van der Waals surface area (Å²) in [5.41, 5.74) is 7.09. The molecule has 1 aliphatic carbocycles. The molecule has 1 aliphatic rings. The van der Waals surface area contributed by atoms with Crippen molar-refractivity contribution in [2.24, 2.45) is 11.6 Å². The number of benzene rings is 3. The quantitative estimate of drug-likeness (QED) is 0.264. The molecule has 0 heterocycles. The Hall–Kier alpha value is -3.98. The van der Waals surface area contributed by atoms with Crippen molar-refractivity contribution < 1.29 is 23.9 Å². The average Bonchev–Trinajstić information content (AvgIpc) is 2.86. The van der Waals surface area contributed by atoms with E-state index in [9.17, 15) is 19.2 Å². The van der Waals surface area contributed by atoms with Crippen molar-refractivity contribution in [1.82, 2.24) is 5.01 Å². The van der Waals surface area contributed by atoms with E-state index in [-0.39, 0.29) is 46.8 Å². The number of nitrogens with two attached hydrogens (primary N) is 2. The van der Waals surface area contributed by atoms with Crippen LogP contribution in [0.5, 0.6) is 0 Å². The number of nitrogens with zero attached hydrogens (tertiary/aromatic N) is 1. The molecule has 0 aliphatic heterocycles. The predicted octanol–water partition coefficient (Wildman–Crippen LogP) is 1.85. The second-order valence-electron chi connectivity index (χ2n) is 7.55. The number of ether oxygens (including phenoxy) is 1. The average molecular weight is 443 g/mol. The number of hydrogen-bond acceptors (Lipinski definition) is 7. The van der Waals surface area contributed by atoms with Gasteiger partial charge in [-0.25, -0.2) is 10.9 Å². The molecule has 0 aromatic heterocycles. The maximum absolute atomic E-state index is 13.1. The van der Waals surface area contributed by atoms with E-state index in [4.69, 9.17) is 16.3 Å². The summed E-state index contributed by atoms with van der Waals surface area (Å²) >= 11 is 0. The van der Waals surface area contributed by atoms with Crippen molar-refractivity contribution in [3.8, 4) is 0 Å². The molecular formula is C25H21N3O5. The van der Waals surface area contributed by atoms with Gasteiger partial charge in [-0.15, -0.1) is 0 Å². The number of hydrazine groups is 1. The first-order valence-electron chi connectivity index (χ1n) is 10.2. The molecular weight excluding hydrogens is 422 g/mol. The molecule has 166 valence electrons. The van der Waals surface area contributed by atoms with E-state index in [1.807, 2.05) is 30.3 Å². The van der Waals surface area contributed by atoms with E-state index >= 15 is 0 Å². The molecule has 3 aromatic carbocycles. The molecule has 4 rings (SSSR count). The zero-order chi connectivity index (χ0) is 23.5. The maximum atomic E-state index is 13.1. The third-order valence-electron chi connectivity index (χ3n) is 5.37. The Balaban J connectivity index is 1.52. The molecule has 0 radical (unpaired) electrons. The number of fused-ring (bicyclic) bond motifs is 2. The summed E-state index contributed by atoms with van der Waals surface area (Å²) in [4.78, 5) is 51.6. The minimum Gasteiger partial charge on any atom is -0.375 e. The molecule has 0 saturated carbocycles. The number of amides is 2. The molecule has 8 nitrogen and oxygen atoms in total. The van der Waals surface area contributed by atoms with E-state index in [0.29, 0.717) is 5.01 Å². The van der Waals surface area contributed by atoms with Gasteiger partial charge < -0.3 is 10.5 Å². The fraction of sp³-hybridized carbons (Fsp3) is 0.120. The van der Waals surface area contributed by atoms with Gasteiger partial charge in [0.1, 0.15) is 6.04 Å². The number of carbonyl (C=O) groups excluding carboxylic acids is 4. The highest BCUT2D eigenvalue weighted by atomic mass is 16.5. The first kappa shape index (κ1) is 22.2. The van der Waals surface area contributed by atoms with Crippen LogP contribution < -0.4 is 11.6 Å². The summed E-state index contributed by atoms with van der Waals surface area (Å²) in [5.74, 6) is 3.11. The normalized spacial score (nSPS) is 13.2. The van der Waals surface area contributed by atoms with E-state index in [1.165, 1.54) is 24.3 Å². The van der Waals surface area contributed by atoms with E-state index in [2.05, 4.69) is 0 Å². The molecule has 1 atom stereocenters. The Morgan fingerprint density at radius 2 is 1.42 bits per heavy atom. The van der Waals surface area contributed by atoms with Crippen LogP contribution in [0.1, 0.15) is 47.8 Å². The summed E-state index contributed by atoms with van der Waals surface area (Å²) in [6, 6.07) is 18.8. The van der Waals surface area contributed by atoms with Crippen molar-refractivity contribution in [2.45, 2.75) is 12.6 Å². The first-order chi connectivity index (χ1) is 15.9. The highest BCUT2D eigenvalue weighted by molar-refractivity contribution is 6.31. The fourth-order valence-corrected chi connectivity index (χ4v) is 3.68. The lowest BCUT2D eigenvalue weighted by Gasteiger charge is -2.23. The van der Waals surface area contributed by atoms with Gasteiger partial charge in [-0.3, -0.25) is 19.2 Å². The van der Waals surface area contributed by atoms with Crippen LogP contribution >= 0.6 is 0 Å². The molecule has 0 saturated heterocycles. The van der Waals surface area contributed by atoms with Crippen LogP contribution in [-0.4, -0.2) is 41.0 Å². The SMILES string of the molecule is N[C@@H](COCc1ccccc1)C(=O)N(N)C(=O)c1cccc2c1C(=O)c1ccccc1C2=O. The van der Waals surface area contributed by atoms with Gasteiger partial charge in [-0.1, -0.05) is 66.7 Å². The largest absolute Gasteiger partial charge is 0.375 e. The smallest absolute Gasteiger partial charge is 0.275 e. The summed E-state index contributed by atoms with van der Waals surface area (Å²) < 4.78 is 5.46. The summed E-state index contributed by atoms with van der Waals surface area (Å²) in [6.45, 7) is 0.0783. The molecule has 0 fully saturated rings. The summed E-state index contributed by atoms with van der Waals surface area (Å²) in [7, 11) is 0. The fourth-order valence-electron chi connectivity index (χ4n) is 3.68. The van der Waals surface area contributed by atoms with Crippen LogP contribution in [0.15, 0.2) is 72.8 Å². The van der Waals surface area contributed by atoms with Gasteiger partial charge in [0.2, 0.25) is 0 Å². The maximum Gasteiger partial charge on any atom is 0.275 e. The second kappa shape index (κ2) is 9.25. The van der Waals surface area contributed by atoms with Crippen LogP contribution in [-0.2, 0) is 16.1 Å². The van der Waals surface area contributed by atoms with Crippen molar-refractivity contribution in [3.63, 3.8) is 0 Å². The molecule has 0 unspecified atom stereocenters.